The van der Waals surface area contributed by atoms with Gasteiger partial charge in [-0.15, -0.1) is 11.3 Å². The van der Waals surface area contributed by atoms with Crippen LogP contribution in [-0.2, 0) is 52.3 Å². The molecule has 4 heterocycles. The number of aromatic nitrogens is 6. The van der Waals surface area contributed by atoms with Gasteiger partial charge in [0, 0.05) is 47.3 Å². The van der Waals surface area contributed by atoms with Crippen LogP contribution in [0.5, 0.6) is 0 Å². The highest BCUT2D eigenvalue weighted by atomic mass is 35.5. The van der Waals surface area contributed by atoms with Crippen molar-refractivity contribution in [2.24, 2.45) is 13.0 Å². The zero-order valence-corrected chi connectivity index (χ0v) is 35.3. The normalized spacial score (nSPS) is 17.9. The molecule has 2 N–H and O–H groups in total. The smallest absolute Gasteiger partial charge is 0.346 e. The fourth-order valence-electron chi connectivity index (χ4n) is 8.20. The molecule has 322 valence electrons. The highest BCUT2D eigenvalue weighted by molar-refractivity contribution is 7.92. The molecule has 2 aliphatic carbocycles. The van der Waals surface area contributed by atoms with E-state index in [-0.39, 0.29) is 52.2 Å². The van der Waals surface area contributed by atoms with Gasteiger partial charge in [-0.3, -0.25) is 18.9 Å². The molecule has 2 aliphatic rings. The molecule has 0 aliphatic heterocycles. The average molecular weight is 909 g/mol. The van der Waals surface area contributed by atoms with Crippen molar-refractivity contribution in [3.05, 3.63) is 98.5 Å². The van der Waals surface area contributed by atoms with Gasteiger partial charge in [0.1, 0.15) is 23.9 Å². The predicted octanol–water partition coefficient (Wildman–Crippen LogP) is 9.27. The van der Waals surface area contributed by atoms with Crippen molar-refractivity contribution >= 4 is 55.6 Å². The molecule has 0 spiro atoms. The maximum Gasteiger partial charge on any atom is 0.435 e. The first kappa shape index (κ1) is 42.6. The van der Waals surface area contributed by atoms with Crippen molar-refractivity contribution in [3.63, 3.8) is 0 Å². The molecule has 11 nitrogen and oxygen atoms in total. The zero-order valence-electron chi connectivity index (χ0n) is 32.9. The minimum atomic E-state index is -5.08. The summed E-state index contributed by atoms with van der Waals surface area (Å²) in [5, 5.41) is 11.7. The van der Waals surface area contributed by atoms with Gasteiger partial charge in [-0.2, -0.15) is 32.1 Å². The van der Waals surface area contributed by atoms with Crippen LogP contribution < -0.4 is 10.0 Å². The number of nitrogens with zero attached hydrogens (tertiary/aromatic N) is 6. The Morgan fingerprint density at radius 3 is 2.33 bits per heavy atom. The minimum Gasteiger partial charge on any atom is -0.346 e. The highest BCUT2D eigenvalue weighted by Gasteiger charge is 2.63. The molecule has 6 aromatic rings. The van der Waals surface area contributed by atoms with E-state index in [1.54, 1.807) is 24.4 Å². The number of aryl methyl sites for hydroxylation is 1. The lowest BCUT2D eigenvalue weighted by Crippen LogP contribution is -2.36. The molecule has 0 bridgehead atoms. The van der Waals surface area contributed by atoms with Gasteiger partial charge in [0.05, 0.1) is 49.5 Å². The van der Waals surface area contributed by atoms with Crippen molar-refractivity contribution in [2.45, 2.75) is 76.1 Å². The number of hydrogen-bond donors (Lipinski definition) is 2. The molecule has 21 heteroatoms. The standard InChI is InChI=1S/C40H36ClF7N8O3S2/c1-38(2,3)37-49-16-28(60-37)26-11-8-21(22-7-10-25(41)31-33(22)55(4)53-36(31)54-61(5,58)59)32(51-26)27(14-18-12-19(42)15-20(43)13-18)50-29(57)17-56-35-30(34(52-56)40(46,47)48)23-6-9-24(23)39(35,44)45/h7-8,10-13,15-16,23-24,27H,6,9,14,17H2,1-5H3,(H,50,57)(H,53,54)/t23-,24+,27-/m0/s1. The fraction of sp³-hybridized carbons (Fsp3) is 0.375. The van der Waals surface area contributed by atoms with Gasteiger partial charge in [-0.25, -0.2) is 27.2 Å². The molecular weight excluding hydrogens is 873 g/mol. The maximum absolute atomic E-state index is 15.7. The zero-order chi connectivity index (χ0) is 44.1. The molecule has 0 radical (unpaired) electrons. The van der Waals surface area contributed by atoms with E-state index in [1.807, 2.05) is 20.8 Å². The van der Waals surface area contributed by atoms with Crippen LogP contribution in [0.15, 0.2) is 48.7 Å². The van der Waals surface area contributed by atoms with Gasteiger partial charge in [0.25, 0.3) is 5.92 Å². The third-order valence-corrected chi connectivity index (χ3v) is 13.2. The van der Waals surface area contributed by atoms with Crippen molar-refractivity contribution in [3.8, 4) is 21.7 Å². The van der Waals surface area contributed by atoms with Gasteiger partial charge < -0.3 is 5.32 Å². The Hall–Kier alpha value is -5.08. The van der Waals surface area contributed by atoms with Crippen LogP contribution >= 0.6 is 22.9 Å². The van der Waals surface area contributed by atoms with Gasteiger partial charge in [-0.05, 0) is 55.0 Å². The average Bonchev–Trinajstić information content (AvgIpc) is 3.86. The third kappa shape index (κ3) is 7.86. The second-order valence-corrected chi connectivity index (χ2v) is 19.5. The Morgan fingerprint density at radius 1 is 1.03 bits per heavy atom. The number of amides is 1. The maximum atomic E-state index is 15.7. The van der Waals surface area contributed by atoms with Gasteiger partial charge in [0.2, 0.25) is 15.9 Å². The number of rotatable bonds is 10. The fourth-order valence-corrected chi connectivity index (χ4v) is 9.88. The van der Waals surface area contributed by atoms with Gasteiger partial charge >= 0.3 is 6.18 Å². The second-order valence-electron chi connectivity index (χ2n) is 16.4. The summed E-state index contributed by atoms with van der Waals surface area (Å²) >= 11 is 7.98. The molecule has 4 aromatic heterocycles. The Kier molecular flexibility index (Phi) is 10.3. The largest absolute Gasteiger partial charge is 0.435 e. The number of halogens is 8. The van der Waals surface area contributed by atoms with E-state index in [4.69, 9.17) is 16.6 Å². The van der Waals surface area contributed by atoms with Gasteiger partial charge in [0.15, 0.2) is 11.5 Å². The summed E-state index contributed by atoms with van der Waals surface area (Å²) in [6, 6.07) is 7.79. The predicted molar refractivity (Wildman–Crippen MR) is 215 cm³/mol. The van der Waals surface area contributed by atoms with E-state index < -0.39 is 81.0 Å². The molecule has 0 unspecified atom stereocenters. The van der Waals surface area contributed by atoms with E-state index in [0.29, 0.717) is 38.0 Å². The van der Waals surface area contributed by atoms with E-state index in [1.165, 1.54) is 29.1 Å². The van der Waals surface area contributed by atoms with Crippen molar-refractivity contribution < 1.29 is 43.9 Å². The molecule has 8 rings (SSSR count). The number of carbonyl (C=O) groups excluding carboxylic acids is 1. The number of thiazole rings is 1. The first-order valence-electron chi connectivity index (χ1n) is 18.8. The first-order valence-corrected chi connectivity index (χ1v) is 21.9. The number of sulfonamides is 1. The first-order chi connectivity index (χ1) is 28.4. The summed E-state index contributed by atoms with van der Waals surface area (Å²) in [5.41, 5.74) is -1.95. The molecule has 61 heavy (non-hydrogen) atoms. The van der Waals surface area contributed by atoms with Crippen molar-refractivity contribution in [1.82, 2.24) is 34.8 Å². The highest BCUT2D eigenvalue weighted by Crippen LogP contribution is 2.64. The number of hydrogen-bond acceptors (Lipinski definition) is 8. The molecule has 3 atom stereocenters. The summed E-state index contributed by atoms with van der Waals surface area (Å²) in [4.78, 5) is 24.3. The summed E-state index contributed by atoms with van der Waals surface area (Å²) in [5.74, 6) is -9.13. The SMILES string of the molecule is Cn1nc(NS(C)(=O)=O)c2c(Cl)ccc(-c3ccc(-c4cnc(C(C)(C)C)s4)nc3[C@H](Cc3cc(F)cc(F)c3)NC(=O)Cn3nc(C(F)(F)F)c4c3C(F)(F)[C@@H]3CC[C@H]43)c21. The van der Waals surface area contributed by atoms with Crippen LogP contribution in [0, 0.1) is 17.6 Å². The lowest BCUT2D eigenvalue weighted by Gasteiger charge is -2.34. The molecule has 1 amide bonds. The number of benzene rings is 2. The Morgan fingerprint density at radius 2 is 1.72 bits per heavy atom. The third-order valence-electron chi connectivity index (χ3n) is 10.8. The summed E-state index contributed by atoms with van der Waals surface area (Å²) in [6.45, 7) is 4.86. The van der Waals surface area contributed by atoms with E-state index in [0.717, 1.165) is 23.4 Å². The van der Waals surface area contributed by atoms with Crippen LogP contribution in [0.3, 0.4) is 0 Å². The molecular formula is C40H36ClF7N8O3S2. The van der Waals surface area contributed by atoms with Crippen molar-refractivity contribution in [1.29, 1.82) is 0 Å². The lowest BCUT2D eigenvalue weighted by atomic mass is 9.73. The van der Waals surface area contributed by atoms with Crippen LogP contribution in [0.1, 0.15) is 78.8 Å². The van der Waals surface area contributed by atoms with Crippen LogP contribution in [0.2, 0.25) is 5.02 Å². The number of anilines is 1. The number of alkyl halides is 5. The number of nitrogens with one attached hydrogen (secondary N) is 2. The Balaban J connectivity index is 1.30. The molecule has 1 fully saturated rings. The number of carbonyl (C=O) groups is 1. The van der Waals surface area contributed by atoms with Crippen LogP contribution in [-0.4, -0.2) is 50.1 Å². The molecule has 1 saturated carbocycles. The minimum absolute atomic E-state index is 0.00431. The van der Waals surface area contributed by atoms with E-state index in [9.17, 15) is 35.2 Å². The topological polar surface area (TPSA) is 137 Å². The van der Waals surface area contributed by atoms with Crippen LogP contribution in [0.25, 0.3) is 32.6 Å². The Labute approximate surface area is 353 Å². The van der Waals surface area contributed by atoms with Crippen LogP contribution in [0.4, 0.5) is 36.6 Å². The van der Waals surface area contributed by atoms with Crippen molar-refractivity contribution in [2.75, 3.05) is 11.0 Å². The number of fused-ring (bicyclic) bond motifs is 4. The Bertz CT molecular complexity index is 2850. The van der Waals surface area contributed by atoms with Gasteiger partial charge in [-0.1, -0.05) is 44.5 Å². The lowest BCUT2D eigenvalue weighted by molar-refractivity contribution is -0.144. The monoisotopic (exact) mass is 908 g/mol. The summed E-state index contributed by atoms with van der Waals surface area (Å²) in [7, 11) is -2.31. The number of pyridine rings is 1. The van der Waals surface area contributed by atoms with E-state index >= 15 is 8.78 Å². The summed E-state index contributed by atoms with van der Waals surface area (Å²) < 4.78 is 132. The van der Waals surface area contributed by atoms with E-state index in [2.05, 4.69) is 25.2 Å². The second kappa shape index (κ2) is 14.8. The summed E-state index contributed by atoms with van der Waals surface area (Å²) in [6.07, 6.45) is -2.76. The molecule has 0 saturated heterocycles. The molecule has 2 aromatic carbocycles. The quantitative estimate of drug-likeness (QED) is 0.131.